The second-order valence-corrected chi connectivity index (χ2v) is 21.2. The van der Waals surface area contributed by atoms with Crippen LogP contribution in [0.4, 0.5) is 9.59 Å². The summed E-state index contributed by atoms with van der Waals surface area (Å²) in [5.41, 5.74) is 0.345. The standard InChI is InChI=1S/C49H71N7O9/c1-8-22-50-43(61)40(59)35(24-31-15-14-16-31)51-42(60)36-25-34(65-46(64)54-23-19-32-17-10-11-18-33(32)28-54)29-55(36)44(62)41(49(7)20-12-9-13-21-49)53-45(63)52-37(47(2,3)4)30-56-38(57)26-48(5,6)27-39(56)58/h8,10-11,17-18,31,34-37,41H,1,9,12-16,19-30H2,2-7H3,(H,50,61)(H,51,60)(H2,52,53,63)/t34-,35?,36+,37-,41-/m1/s1. The summed E-state index contributed by atoms with van der Waals surface area (Å²) in [7, 11) is 0. The number of benzene rings is 1. The molecular formula is C49H71N7O9. The Morgan fingerprint density at radius 1 is 0.908 bits per heavy atom. The third kappa shape index (κ3) is 12.1. The van der Waals surface area contributed by atoms with Crippen LogP contribution in [0.25, 0.3) is 0 Å². The zero-order valence-electron chi connectivity index (χ0n) is 39.3. The minimum atomic E-state index is -1.21. The fourth-order valence-corrected chi connectivity index (χ4v) is 10.0. The quantitative estimate of drug-likeness (QED) is 0.107. The van der Waals surface area contributed by atoms with Crippen LogP contribution in [0.2, 0.25) is 0 Å². The van der Waals surface area contributed by atoms with Crippen molar-refractivity contribution in [3.8, 4) is 0 Å². The number of nitrogens with one attached hydrogen (secondary N) is 4. The Hall–Kier alpha value is -5.28. The average Bonchev–Trinajstić information content (AvgIpc) is 3.66. The van der Waals surface area contributed by atoms with Crippen LogP contribution < -0.4 is 21.3 Å². The van der Waals surface area contributed by atoms with Gasteiger partial charge in [-0.1, -0.05) is 110 Å². The SMILES string of the molecule is C=CCNC(=O)C(=O)C(CC1CCC1)NC(=O)[C@@H]1C[C@@H](OC(=O)N2CCc3ccccc3C2)CN1C(=O)[C@@H](NC(=O)N[C@H](CN1C(=O)CC(C)(C)CC1=O)C(C)(C)C)C1(C)CCCCC1. The molecule has 0 radical (unpaired) electrons. The highest BCUT2D eigenvalue weighted by atomic mass is 16.6. The van der Waals surface area contributed by atoms with Crippen LogP contribution in [0, 0.1) is 22.2 Å². The van der Waals surface area contributed by atoms with Gasteiger partial charge < -0.3 is 35.8 Å². The molecule has 0 aromatic heterocycles. The molecule has 8 amide bonds. The van der Waals surface area contributed by atoms with Gasteiger partial charge in [-0.25, -0.2) is 9.59 Å². The molecule has 4 N–H and O–H groups in total. The van der Waals surface area contributed by atoms with Crippen molar-refractivity contribution in [1.29, 1.82) is 0 Å². The molecule has 3 aliphatic heterocycles. The van der Waals surface area contributed by atoms with Gasteiger partial charge in [-0.05, 0) is 59.0 Å². The van der Waals surface area contributed by atoms with Crippen molar-refractivity contribution in [3.63, 3.8) is 0 Å². The predicted octanol–water partition coefficient (Wildman–Crippen LogP) is 4.93. The first-order valence-corrected chi connectivity index (χ1v) is 23.6. The Balaban J connectivity index is 1.26. The van der Waals surface area contributed by atoms with Crippen molar-refractivity contribution in [2.45, 2.75) is 162 Å². The van der Waals surface area contributed by atoms with Gasteiger partial charge in [-0.3, -0.25) is 33.7 Å². The van der Waals surface area contributed by atoms with Gasteiger partial charge in [0, 0.05) is 45.4 Å². The van der Waals surface area contributed by atoms with Crippen LogP contribution in [0.5, 0.6) is 0 Å². The van der Waals surface area contributed by atoms with Crippen LogP contribution in [-0.4, -0.2) is 119 Å². The number of carbonyl (C=O) groups excluding carboxylic acids is 8. The molecule has 3 heterocycles. The Bertz CT molecular complexity index is 1980. The van der Waals surface area contributed by atoms with E-state index in [0.29, 0.717) is 32.4 Å². The molecule has 2 saturated heterocycles. The average molecular weight is 902 g/mol. The molecule has 5 aliphatic rings. The number of rotatable bonds is 15. The molecule has 6 rings (SSSR count). The second-order valence-electron chi connectivity index (χ2n) is 21.2. The van der Waals surface area contributed by atoms with E-state index in [1.807, 2.05) is 65.8 Å². The lowest BCUT2D eigenvalue weighted by Crippen LogP contribution is -2.63. The van der Waals surface area contributed by atoms with Crippen LogP contribution in [0.1, 0.15) is 130 Å². The number of ether oxygens (including phenoxy) is 1. The highest BCUT2D eigenvalue weighted by Gasteiger charge is 2.50. The van der Waals surface area contributed by atoms with Gasteiger partial charge in [0.15, 0.2) is 0 Å². The predicted molar refractivity (Wildman–Crippen MR) is 243 cm³/mol. The summed E-state index contributed by atoms with van der Waals surface area (Å²) < 4.78 is 6.09. The zero-order chi connectivity index (χ0) is 47.3. The van der Waals surface area contributed by atoms with Crippen LogP contribution >= 0.6 is 0 Å². The first-order chi connectivity index (χ1) is 30.7. The Morgan fingerprint density at radius 3 is 2.18 bits per heavy atom. The molecule has 0 bridgehead atoms. The summed E-state index contributed by atoms with van der Waals surface area (Å²) in [6.07, 6.45) is 7.67. The number of nitrogens with zero attached hydrogens (tertiary/aromatic N) is 3. The monoisotopic (exact) mass is 902 g/mol. The Kier molecular flexibility index (Phi) is 15.5. The van der Waals surface area contributed by atoms with Crippen LogP contribution in [0.3, 0.4) is 0 Å². The number of urea groups is 1. The van der Waals surface area contributed by atoms with E-state index in [-0.39, 0.29) is 63.0 Å². The Morgan fingerprint density at radius 2 is 1.57 bits per heavy atom. The maximum Gasteiger partial charge on any atom is 0.410 e. The zero-order valence-corrected chi connectivity index (χ0v) is 39.3. The van der Waals surface area contributed by atoms with Gasteiger partial charge in [-0.2, -0.15) is 0 Å². The summed E-state index contributed by atoms with van der Waals surface area (Å²) in [5.74, 6) is -3.34. The molecule has 1 aromatic carbocycles. The molecule has 4 fully saturated rings. The van der Waals surface area contributed by atoms with Gasteiger partial charge in [-0.15, -0.1) is 6.58 Å². The number of piperidine rings is 1. The molecule has 1 unspecified atom stereocenters. The number of ketones is 1. The first kappa shape index (κ1) is 49.2. The number of amides is 8. The van der Waals surface area contributed by atoms with Crippen LogP contribution in [0.15, 0.2) is 36.9 Å². The van der Waals surface area contributed by atoms with Gasteiger partial charge in [0.25, 0.3) is 5.91 Å². The normalized spacial score (nSPS) is 23.2. The lowest BCUT2D eigenvalue weighted by atomic mass is 9.70. The molecular weight excluding hydrogens is 831 g/mol. The third-order valence-corrected chi connectivity index (χ3v) is 14.4. The number of Topliss-reactive ketones (excluding diaryl/α,β-unsaturated/α-hetero) is 1. The van der Waals surface area contributed by atoms with Crippen molar-refractivity contribution in [2.24, 2.45) is 22.2 Å². The molecule has 65 heavy (non-hydrogen) atoms. The Labute approximate surface area is 383 Å². The number of likely N-dealkylation sites (tertiary alicyclic amines) is 2. The fraction of sp³-hybridized carbons (Fsp3) is 0.673. The molecule has 0 spiro atoms. The fourth-order valence-electron chi connectivity index (χ4n) is 10.0. The molecule has 16 nitrogen and oxygen atoms in total. The highest BCUT2D eigenvalue weighted by Crippen LogP contribution is 2.41. The first-order valence-electron chi connectivity index (χ1n) is 23.6. The minimum Gasteiger partial charge on any atom is -0.444 e. The van der Waals surface area contributed by atoms with E-state index in [2.05, 4.69) is 27.8 Å². The molecule has 1 aromatic rings. The molecule has 356 valence electrons. The maximum atomic E-state index is 15.3. The topological polar surface area (TPSA) is 204 Å². The van der Waals surface area contributed by atoms with E-state index >= 15 is 4.79 Å². The van der Waals surface area contributed by atoms with Gasteiger partial charge >= 0.3 is 12.1 Å². The second kappa shape index (κ2) is 20.5. The van der Waals surface area contributed by atoms with Crippen LogP contribution in [-0.2, 0) is 46.5 Å². The summed E-state index contributed by atoms with van der Waals surface area (Å²) in [5, 5.41) is 11.3. The van der Waals surface area contributed by atoms with Gasteiger partial charge in [0.05, 0.1) is 18.6 Å². The van der Waals surface area contributed by atoms with E-state index in [1.165, 1.54) is 15.9 Å². The molecule has 16 heteroatoms. The third-order valence-electron chi connectivity index (χ3n) is 14.4. The highest BCUT2D eigenvalue weighted by molar-refractivity contribution is 6.38. The maximum absolute atomic E-state index is 15.3. The van der Waals surface area contributed by atoms with Crippen molar-refractivity contribution in [2.75, 3.05) is 26.2 Å². The summed E-state index contributed by atoms with van der Waals surface area (Å²) >= 11 is 0. The number of fused-ring (bicyclic) bond motifs is 1. The number of hydrogen-bond donors (Lipinski definition) is 4. The smallest absolute Gasteiger partial charge is 0.410 e. The van der Waals surface area contributed by atoms with Gasteiger partial charge in [0.2, 0.25) is 29.4 Å². The van der Waals surface area contributed by atoms with E-state index in [1.54, 1.807) is 4.90 Å². The lowest BCUT2D eigenvalue weighted by Gasteiger charge is -2.43. The molecule has 2 saturated carbocycles. The minimum absolute atomic E-state index is 0.0447. The van der Waals surface area contributed by atoms with Gasteiger partial charge in [0.1, 0.15) is 18.2 Å². The van der Waals surface area contributed by atoms with E-state index in [4.69, 9.17) is 4.74 Å². The molecule has 5 atom stereocenters. The summed E-state index contributed by atoms with van der Waals surface area (Å²) in [4.78, 5) is 115. The molecule has 2 aliphatic carbocycles. The largest absolute Gasteiger partial charge is 0.444 e. The lowest BCUT2D eigenvalue weighted by molar-refractivity contribution is -0.153. The number of imide groups is 1. The summed E-state index contributed by atoms with van der Waals surface area (Å²) in [6.45, 7) is 15.7. The van der Waals surface area contributed by atoms with Crippen molar-refractivity contribution < 1.29 is 43.1 Å². The van der Waals surface area contributed by atoms with Crippen molar-refractivity contribution in [1.82, 2.24) is 36.0 Å². The van der Waals surface area contributed by atoms with E-state index < -0.39 is 82.1 Å². The van der Waals surface area contributed by atoms with Crippen molar-refractivity contribution in [3.05, 3.63) is 48.0 Å². The van der Waals surface area contributed by atoms with E-state index in [9.17, 15) is 33.6 Å². The van der Waals surface area contributed by atoms with Crippen molar-refractivity contribution >= 4 is 47.4 Å². The number of hydrogen-bond acceptors (Lipinski definition) is 9. The summed E-state index contributed by atoms with van der Waals surface area (Å²) in [6, 6.07) is 3.03. The number of carbonyl (C=O) groups is 8. The van der Waals surface area contributed by atoms with E-state index in [0.717, 1.165) is 49.7 Å².